The fraction of sp³-hybridized carbons (Fsp3) is 0.364. The Morgan fingerprint density at radius 1 is 1.53 bits per heavy atom. The number of benzene rings is 1. The molecule has 3 N–H and O–H groups in total. The second-order valence-corrected chi connectivity index (χ2v) is 5.33. The van der Waals surface area contributed by atoms with E-state index in [0.29, 0.717) is 12.2 Å². The van der Waals surface area contributed by atoms with Gasteiger partial charge >= 0.3 is 0 Å². The van der Waals surface area contributed by atoms with Crippen LogP contribution >= 0.6 is 31.9 Å². The van der Waals surface area contributed by atoms with E-state index in [1.807, 2.05) is 26.0 Å². The van der Waals surface area contributed by atoms with Crippen LogP contribution in [0.2, 0.25) is 0 Å². The van der Waals surface area contributed by atoms with Crippen molar-refractivity contribution < 1.29 is 9.53 Å². The van der Waals surface area contributed by atoms with E-state index >= 15 is 0 Å². The third-order valence-electron chi connectivity index (χ3n) is 2.26. The second kappa shape index (κ2) is 6.37. The average Bonchev–Trinajstić information content (AvgIpc) is 2.27. The first kappa shape index (κ1) is 14.5. The lowest BCUT2D eigenvalue weighted by Gasteiger charge is -2.18. The van der Waals surface area contributed by atoms with Gasteiger partial charge in [0.1, 0.15) is 5.75 Å². The van der Waals surface area contributed by atoms with Crippen LogP contribution in [0.25, 0.3) is 0 Å². The molecule has 1 amide bonds. The summed E-state index contributed by atoms with van der Waals surface area (Å²) in [4.78, 5) is 11.5. The minimum Gasteiger partial charge on any atom is -0.479 e. The van der Waals surface area contributed by atoms with Crippen LogP contribution in [-0.2, 0) is 4.79 Å². The maximum Gasteiger partial charge on any atom is 0.274 e. The molecule has 94 valence electrons. The summed E-state index contributed by atoms with van der Waals surface area (Å²) in [7, 11) is 0. The van der Waals surface area contributed by atoms with Crippen LogP contribution in [0.5, 0.6) is 5.75 Å². The Labute approximate surface area is 117 Å². The Bertz CT molecular complexity index is 401. The van der Waals surface area contributed by atoms with Crippen molar-refractivity contribution in [2.24, 2.45) is 5.84 Å². The van der Waals surface area contributed by atoms with Gasteiger partial charge in [-0.2, -0.15) is 0 Å². The molecule has 0 heterocycles. The lowest BCUT2D eigenvalue weighted by Crippen LogP contribution is -2.41. The molecule has 1 atom stereocenters. The second-order valence-electron chi connectivity index (χ2n) is 3.56. The molecular formula is C11H14Br2N2O2. The predicted octanol–water partition coefficient (Wildman–Crippen LogP) is 2.67. The number of hydrogen-bond donors (Lipinski definition) is 2. The zero-order valence-electron chi connectivity index (χ0n) is 9.59. The summed E-state index contributed by atoms with van der Waals surface area (Å²) >= 11 is 6.80. The van der Waals surface area contributed by atoms with Gasteiger partial charge in [0.25, 0.3) is 5.91 Å². The number of hydrazine groups is 1. The third kappa shape index (κ3) is 3.69. The van der Waals surface area contributed by atoms with Gasteiger partial charge < -0.3 is 4.74 Å². The fourth-order valence-electron chi connectivity index (χ4n) is 1.40. The summed E-state index contributed by atoms with van der Waals surface area (Å²) in [6.45, 7) is 3.78. The van der Waals surface area contributed by atoms with Crippen LogP contribution < -0.4 is 16.0 Å². The van der Waals surface area contributed by atoms with Gasteiger partial charge in [0.05, 0.1) is 4.47 Å². The normalized spacial score (nSPS) is 12.1. The number of carbonyl (C=O) groups is 1. The Balaban J connectivity index is 2.98. The van der Waals surface area contributed by atoms with Crippen LogP contribution in [-0.4, -0.2) is 12.0 Å². The maximum atomic E-state index is 11.5. The number of nitrogens with one attached hydrogen (secondary N) is 1. The minimum absolute atomic E-state index is 0.332. The van der Waals surface area contributed by atoms with Crippen molar-refractivity contribution in [2.45, 2.75) is 26.4 Å². The van der Waals surface area contributed by atoms with Crippen molar-refractivity contribution in [1.29, 1.82) is 0 Å². The van der Waals surface area contributed by atoms with E-state index in [0.717, 1.165) is 14.5 Å². The van der Waals surface area contributed by atoms with Crippen molar-refractivity contribution in [3.8, 4) is 5.75 Å². The first-order valence-corrected chi connectivity index (χ1v) is 6.71. The predicted molar refractivity (Wildman–Crippen MR) is 73.6 cm³/mol. The quantitative estimate of drug-likeness (QED) is 0.489. The summed E-state index contributed by atoms with van der Waals surface area (Å²) in [5, 5.41) is 0. The summed E-state index contributed by atoms with van der Waals surface area (Å²) < 4.78 is 7.42. The summed E-state index contributed by atoms with van der Waals surface area (Å²) in [6, 6.07) is 3.79. The monoisotopic (exact) mass is 364 g/mol. The fourth-order valence-corrected chi connectivity index (χ4v) is 2.93. The lowest BCUT2D eigenvalue weighted by atomic mass is 10.2. The minimum atomic E-state index is -0.587. The van der Waals surface area contributed by atoms with E-state index < -0.39 is 6.10 Å². The number of nitrogens with two attached hydrogens (primary N) is 1. The van der Waals surface area contributed by atoms with Crippen LogP contribution in [0.1, 0.15) is 18.9 Å². The number of halogens is 2. The summed E-state index contributed by atoms with van der Waals surface area (Å²) in [6.07, 6.45) is -0.0403. The number of hydrogen-bond acceptors (Lipinski definition) is 3. The maximum absolute atomic E-state index is 11.5. The van der Waals surface area contributed by atoms with Gasteiger partial charge in [-0.3, -0.25) is 10.2 Å². The topological polar surface area (TPSA) is 64.3 Å². The molecule has 1 unspecified atom stereocenters. The summed E-state index contributed by atoms with van der Waals surface area (Å²) in [5.74, 6) is 5.43. The first-order chi connectivity index (χ1) is 7.99. The molecule has 0 spiro atoms. The first-order valence-electron chi connectivity index (χ1n) is 5.12. The summed E-state index contributed by atoms with van der Waals surface area (Å²) in [5.41, 5.74) is 3.04. The van der Waals surface area contributed by atoms with Crippen LogP contribution in [0.4, 0.5) is 0 Å². The highest BCUT2D eigenvalue weighted by Gasteiger charge is 2.19. The van der Waals surface area contributed by atoms with E-state index in [1.54, 1.807) is 0 Å². The zero-order chi connectivity index (χ0) is 13.0. The van der Waals surface area contributed by atoms with Crippen molar-refractivity contribution in [2.75, 3.05) is 0 Å². The molecule has 0 aromatic heterocycles. The Morgan fingerprint density at radius 3 is 2.65 bits per heavy atom. The Hall–Kier alpha value is -0.590. The molecule has 0 aliphatic carbocycles. The SMILES string of the molecule is CCC(Oc1c(C)cc(Br)cc1Br)C(=O)NN. The van der Waals surface area contributed by atoms with Gasteiger partial charge in [0.15, 0.2) is 6.10 Å². The number of aryl methyl sites for hydroxylation is 1. The molecular weight excluding hydrogens is 352 g/mol. The molecule has 0 aliphatic rings. The van der Waals surface area contributed by atoms with Crippen molar-refractivity contribution >= 4 is 37.8 Å². The van der Waals surface area contributed by atoms with Crippen LogP contribution in [0.15, 0.2) is 21.1 Å². The third-order valence-corrected chi connectivity index (χ3v) is 3.31. The van der Waals surface area contributed by atoms with E-state index in [4.69, 9.17) is 10.6 Å². The van der Waals surface area contributed by atoms with Gasteiger partial charge in [0, 0.05) is 4.47 Å². The van der Waals surface area contributed by atoms with Crippen LogP contribution in [0.3, 0.4) is 0 Å². The van der Waals surface area contributed by atoms with Crippen LogP contribution in [0, 0.1) is 6.92 Å². The number of ether oxygens (including phenoxy) is 1. The molecule has 17 heavy (non-hydrogen) atoms. The average molecular weight is 366 g/mol. The van der Waals surface area contributed by atoms with Crippen molar-refractivity contribution in [3.05, 3.63) is 26.6 Å². The van der Waals surface area contributed by atoms with E-state index in [9.17, 15) is 4.79 Å². The highest BCUT2D eigenvalue weighted by Crippen LogP contribution is 2.33. The van der Waals surface area contributed by atoms with Gasteiger partial charge in [-0.25, -0.2) is 5.84 Å². The smallest absolute Gasteiger partial charge is 0.274 e. The molecule has 1 aromatic rings. The highest BCUT2D eigenvalue weighted by atomic mass is 79.9. The van der Waals surface area contributed by atoms with Gasteiger partial charge in [-0.1, -0.05) is 22.9 Å². The van der Waals surface area contributed by atoms with Gasteiger partial charge in [0.2, 0.25) is 0 Å². The standard InChI is InChI=1S/C11H14Br2N2O2/c1-3-9(11(16)15-14)17-10-6(2)4-7(12)5-8(10)13/h4-5,9H,3,14H2,1-2H3,(H,15,16). The number of rotatable bonds is 4. The molecule has 0 fully saturated rings. The van der Waals surface area contributed by atoms with Gasteiger partial charge in [-0.15, -0.1) is 0 Å². The molecule has 0 radical (unpaired) electrons. The largest absolute Gasteiger partial charge is 0.479 e. The molecule has 1 rings (SSSR count). The van der Waals surface area contributed by atoms with E-state index in [2.05, 4.69) is 37.3 Å². The molecule has 6 heteroatoms. The Morgan fingerprint density at radius 2 is 2.18 bits per heavy atom. The molecule has 4 nitrogen and oxygen atoms in total. The molecule has 0 saturated heterocycles. The van der Waals surface area contributed by atoms with Gasteiger partial charge in [-0.05, 0) is 47.0 Å². The highest BCUT2D eigenvalue weighted by molar-refractivity contribution is 9.11. The zero-order valence-corrected chi connectivity index (χ0v) is 12.8. The number of carbonyl (C=O) groups excluding carboxylic acids is 1. The van der Waals surface area contributed by atoms with E-state index in [-0.39, 0.29) is 5.91 Å². The van der Waals surface area contributed by atoms with Crippen molar-refractivity contribution in [1.82, 2.24) is 5.43 Å². The molecule has 1 aromatic carbocycles. The number of amides is 1. The molecule has 0 aliphatic heterocycles. The lowest BCUT2D eigenvalue weighted by molar-refractivity contribution is -0.128. The molecule has 0 bridgehead atoms. The molecule has 0 saturated carbocycles. The van der Waals surface area contributed by atoms with Crippen molar-refractivity contribution in [3.63, 3.8) is 0 Å². The Kier molecular flexibility index (Phi) is 5.42. The van der Waals surface area contributed by atoms with E-state index in [1.165, 1.54) is 0 Å².